The molecule has 0 aliphatic rings. The van der Waals surface area contributed by atoms with Crippen LogP contribution in [0.3, 0.4) is 0 Å². The second-order valence-corrected chi connectivity index (χ2v) is 6.06. The van der Waals surface area contributed by atoms with E-state index in [9.17, 15) is 0 Å². The van der Waals surface area contributed by atoms with Crippen molar-refractivity contribution >= 4 is 11.6 Å². The van der Waals surface area contributed by atoms with Crippen LogP contribution in [0.1, 0.15) is 51.2 Å². The van der Waals surface area contributed by atoms with Gasteiger partial charge in [-0.15, -0.1) is 0 Å². The molecule has 1 rings (SSSR count). The number of hydrogen-bond donors (Lipinski definition) is 1. The zero-order valence-electron chi connectivity index (χ0n) is 12.9. The topological polar surface area (TPSA) is 12.0 Å². The minimum atomic E-state index is 0.327. The SMILES string of the molecule is CCCNCC(CC)(CC)Cc1ccc(C)cc1Cl. The van der Waals surface area contributed by atoms with Gasteiger partial charge in [0.05, 0.1) is 0 Å². The standard InChI is InChI=1S/C17H28ClN/c1-5-10-19-13-17(6-2,7-3)12-15-9-8-14(4)11-16(15)18/h8-9,11,19H,5-7,10,12-13H2,1-4H3. The molecule has 0 fully saturated rings. The minimum Gasteiger partial charge on any atom is -0.316 e. The summed E-state index contributed by atoms with van der Waals surface area (Å²) in [5.74, 6) is 0. The van der Waals surface area contributed by atoms with Gasteiger partial charge in [0, 0.05) is 11.6 Å². The zero-order chi connectivity index (χ0) is 14.3. The number of nitrogens with one attached hydrogen (secondary N) is 1. The van der Waals surface area contributed by atoms with Crippen LogP contribution < -0.4 is 5.32 Å². The molecule has 0 saturated heterocycles. The van der Waals surface area contributed by atoms with Crippen molar-refractivity contribution in [1.82, 2.24) is 5.32 Å². The summed E-state index contributed by atoms with van der Waals surface area (Å²) in [4.78, 5) is 0. The molecule has 1 nitrogen and oxygen atoms in total. The molecular formula is C17H28ClN. The minimum absolute atomic E-state index is 0.327. The quantitative estimate of drug-likeness (QED) is 0.662. The maximum absolute atomic E-state index is 6.39. The van der Waals surface area contributed by atoms with E-state index in [0.717, 1.165) is 24.5 Å². The van der Waals surface area contributed by atoms with Gasteiger partial charge in [-0.2, -0.15) is 0 Å². The molecule has 0 radical (unpaired) electrons. The summed E-state index contributed by atoms with van der Waals surface area (Å²) >= 11 is 6.39. The summed E-state index contributed by atoms with van der Waals surface area (Å²) in [5, 5.41) is 4.50. The van der Waals surface area contributed by atoms with Crippen molar-refractivity contribution in [3.63, 3.8) is 0 Å². The van der Waals surface area contributed by atoms with Crippen LogP contribution in [0.2, 0.25) is 5.02 Å². The van der Waals surface area contributed by atoms with Crippen molar-refractivity contribution in [3.8, 4) is 0 Å². The van der Waals surface area contributed by atoms with E-state index in [-0.39, 0.29) is 0 Å². The largest absolute Gasteiger partial charge is 0.316 e. The van der Waals surface area contributed by atoms with Crippen LogP contribution in [-0.2, 0) is 6.42 Å². The van der Waals surface area contributed by atoms with E-state index in [0.29, 0.717) is 5.41 Å². The van der Waals surface area contributed by atoms with Gasteiger partial charge in [-0.3, -0.25) is 0 Å². The Morgan fingerprint density at radius 2 is 1.84 bits per heavy atom. The molecule has 0 heterocycles. The molecule has 0 aliphatic heterocycles. The first-order valence-electron chi connectivity index (χ1n) is 7.52. The van der Waals surface area contributed by atoms with E-state index in [4.69, 9.17) is 11.6 Å². The van der Waals surface area contributed by atoms with Gasteiger partial charge in [-0.1, -0.05) is 44.5 Å². The summed E-state index contributed by atoms with van der Waals surface area (Å²) in [5.41, 5.74) is 2.85. The summed E-state index contributed by atoms with van der Waals surface area (Å²) in [6, 6.07) is 6.43. The lowest BCUT2D eigenvalue weighted by Crippen LogP contribution is -2.35. The first-order valence-corrected chi connectivity index (χ1v) is 7.90. The number of rotatable bonds is 8. The van der Waals surface area contributed by atoms with E-state index in [1.165, 1.54) is 30.4 Å². The lowest BCUT2D eigenvalue weighted by Gasteiger charge is -2.32. The third-order valence-electron chi connectivity index (χ3n) is 4.20. The molecule has 0 spiro atoms. The summed E-state index contributed by atoms with van der Waals surface area (Å²) in [7, 11) is 0. The van der Waals surface area contributed by atoms with E-state index < -0.39 is 0 Å². The van der Waals surface area contributed by atoms with Crippen molar-refractivity contribution in [3.05, 3.63) is 34.3 Å². The summed E-state index contributed by atoms with van der Waals surface area (Å²) in [6.45, 7) is 11.1. The second kappa shape index (κ2) is 7.91. The average Bonchev–Trinajstić information content (AvgIpc) is 2.41. The maximum Gasteiger partial charge on any atom is 0.0440 e. The molecule has 0 bridgehead atoms. The lowest BCUT2D eigenvalue weighted by atomic mass is 9.76. The molecule has 0 amide bonds. The maximum atomic E-state index is 6.39. The van der Waals surface area contributed by atoms with Gasteiger partial charge in [-0.25, -0.2) is 0 Å². The Bertz CT molecular complexity index is 383. The predicted molar refractivity (Wildman–Crippen MR) is 86.1 cm³/mol. The summed E-state index contributed by atoms with van der Waals surface area (Å²) < 4.78 is 0. The smallest absolute Gasteiger partial charge is 0.0440 e. The van der Waals surface area contributed by atoms with Crippen LogP contribution in [0.5, 0.6) is 0 Å². The normalized spacial score (nSPS) is 11.8. The average molecular weight is 282 g/mol. The van der Waals surface area contributed by atoms with Gasteiger partial charge >= 0.3 is 0 Å². The third-order valence-corrected chi connectivity index (χ3v) is 4.55. The van der Waals surface area contributed by atoms with E-state index in [2.05, 4.69) is 51.2 Å². The van der Waals surface area contributed by atoms with Gasteiger partial charge in [0.25, 0.3) is 0 Å². The number of halogens is 1. The van der Waals surface area contributed by atoms with Crippen molar-refractivity contribution in [2.75, 3.05) is 13.1 Å². The van der Waals surface area contributed by atoms with Gasteiger partial charge in [0.1, 0.15) is 0 Å². The molecule has 0 aliphatic carbocycles. The molecule has 108 valence electrons. The number of aryl methyl sites for hydroxylation is 1. The Labute approximate surface area is 123 Å². The molecule has 0 unspecified atom stereocenters. The van der Waals surface area contributed by atoms with Crippen LogP contribution in [0.15, 0.2) is 18.2 Å². The zero-order valence-corrected chi connectivity index (χ0v) is 13.6. The van der Waals surface area contributed by atoms with Crippen LogP contribution in [0.25, 0.3) is 0 Å². The molecule has 1 aromatic rings. The third kappa shape index (κ3) is 4.81. The Balaban J connectivity index is 2.81. The lowest BCUT2D eigenvalue weighted by molar-refractivity contribution is 0.247. The molecule has 19 heavy (non-hydrogen) atoms. The molecule has 0 aromatic heterocycles. The molecule has 0 atom stereocenters. The van der Waals surface area contributed by atoms with Crippen molar-refractivity contribution in [2.24, 2.45) is 5.41 Å². The molecule has 1 N–H and O–H groups in total. The fourth-order valence-corrected chi connectivity index (χ4v) is 2.84. The molecule has 0 saturated carbocycles. The monoisotopic (exact) mass is 281 g/mol. The molecule has 1 aromatic carbocycles. The Hall–Kier alpha value is -0.530. The Kier molecular flexibility index (Phi) is 6.88. The van der Waals surface area contributed by atoms with Gasteiger partial charge < -0.3 is 5.32 Å². The Morgan fingerprint density at radius 3 is 2.37 bits per heavy atom. The fourth-order valence-electron chi connectivity index (χ4n) is 2.54. The van der Waals surface area contributed by atoms with E-state index in [1.807, 2.05) is 0 Å². The number of hydrogen-bond acceptors (Lipinski definition) is 1. The number of benzene rings is 1. The van der Waals surface area contributed by atoms with Crippen molar-refractivity contribution in [1.29, 1.82) is 0 Å². The van der Waals surface area contributed by atoms with Crippen LogP contribution >= 0.6 is 11.6 Å². The molecular weight excluding hydrogens is 254 g/mol. The van der Waals surface area contributed by atoms with Crippen LogP contribution in [0.4, 0.5) is 0 Å². The van der Waals surface area contributed by atoms with Crippen LogP contribution in [-0.4, -0.2) is 13.1 Å². The first-order chi connectivity index (χ1) is 9.06. The van der Waals surface area contributed by atoms with E-state index >= 15 is 0 Å². The highest BCUT2D eigenvalue weighted by Gasteiger charge is 2.26. The van der Waals surface area contributed by atoms with Crippen molar-refractivity contribution in [2.45, 2.75) is 53.4 Å². The predicted octanol–water partition coefficient (Wildman–Crippen LogP) is 5.00. The molecule has 2 heteroatoms. The van der Waals surface area contributed by atoms with E-state index in [1.54, 1.807) is 0 Å². The fraction of sp³-hybridized carbons (Fsp3) is 0.647. The van der Waals surface area contributed by atoms with Crippen LogP contribution in [0, 0.1) is 12.3 Å². The second-order valence-electron chi connectivity index (χ2n) is 5.66. The van der Waals surface area contributed by atoms with Gasteiger partial charge in [0.2, 0.25) is 0 Å². The first kappa shape index (κ1) is 16.5. The van der Waals surface area contributed by atoms with Gasteiger partial charge in [-0.05, 0) is 61.8 Å². The van der Waals surface area contributed by atoms with Gasteiger partial charge in [0.15, 0.2) is 0 Å². The highest BCUT2D eigenvalue weighted by atomic mass is 35.5. The highest BCUT2D eigenvalue weighted by Crippen LogP contribution is 2.33. The summed E-state index contributed by atoms with van der Waals surface area (Å²) in [6.07, 6.45) is 4.62. The Morgan fingerprint density at radius 1 is 1.16 bits per heavy atom. The van der Waals surface area contributed by atoms with Crippen molar-refractivity contribution < 1.29 is 0 Å². The highest BCUT2D eigenvalue weighted by molar-refractivity contribution is 6.31.